The van der Waals surface area contributed by atoms with Crippen LogP contribution in [0.15, 0.2) is 0 Å². The first-order valence-corrected chi connectivity index (χ1v) is 9.24. The Morgan fingerprint density at radius 1 is 0.421 bits per heavy atom. The van der Waals surface area contributed by atoms with E-state index in [0.29, 0.717) is 0 Å². The first-order chi connectivity index (χ1) is 7.97. The van der Waals surface area contributed by atoms with Crippen molar-refractivity contribution in [3.8, 4) is 0 Å². The summed E-state index contributed by atoms with van der Waals surface area (Å²) in [5, 5.41) is 0. The Morgan fingerprint density at radius 3 is 0.684 bits per heavy atom. The molecule has 0 fully saturated rings. The van der Waals surface area contributed by atoms with Gasteiger partial charge in [-0.2, -0.15) is 0 Å². The van der Waals surface area contributed by atoms with Crippen LogP contribution in [0.25, 0.3) is 0 Å². The molecule has 0 saturated heterocycles. The third kappa shape index (κ3) is 6.03. The second kappa shape index (κ2) is 5.55. The van der Waals surface area contributed by atoms with Crippen molar-refractivity contribution in [2.24, 2.45) is 0 Å². The molecule has 0 aliphatic rings. The molecule has 0 rings (SSSR count). The quantitative estimate of drug-likeness (QED) is 0.514. The van der Waals surface area contributed by atoms with Gasteiger partial charge < -0.3 is 0 Å². The van der Waals surface area contributed by atoms with Gasteiger partial charge in [-0.15, -0.1) is 0 Å². The van der Waals surface area contributed by atoms with Gasteiger partial charge in [0.15, 0.2) is 0 Å². The van der Waals surface area contributed by atoms with Crippen molar-refractivity contribution in [3.63, 3.8) is 0 Å². The Morgan fingerprint density at radius 2 is 0.579 bits per heavy atom. The van der Waals surface area contributed by atoms with Gasteiger partial charge in [-0.25, -0.2) is 0 Å². The van der Waals surface area contributed by atoms with Crippen LogP contribution in [0.1, 0.15) is 0 Å². The van der Waals surface area contributed by atoms with Crippen LogP contribution in [0.5, 0.6) is 0 Å². The van der Waals surface area contributed by atoms with E-state index in [-0.39, 0.29) is 3.15 Å². The molecule has 0 aromatic heterocycles. The predicted octanol–water partition coefficient (Wildman–Crippen LogP) is 2.96. The molecule has 0 saturated carbocycles. The van der Waals surface area contributed by atoms with E-state index in [2.05, 4.69) is 0 Å². The number of nitrogens with one attached hydrogen (secondary N) is 1. The first kappa shape index (κ1) is 19.2. The Balaban J connectivity index is 5.43. The topological polar surface area (TPSA) is 12.0 Å². The summed E-state index contributed by atoms with van der Waals surface area (Å²) in [7, 11) is 0. The molecule has 1 nitrogen and oxygen atoms in total. The third-order valence-corrected chi connectivity index (χ3v) is 10.7. The Bertz CT molecular complexity index is 239. The molecule has 19 heavy (non-hydrogen) atoms. The SMILES string of the molecule is FC(F)(F)[As](N[As](C(F)(F)F)C(F)(F)F)C(F)(F)F. The van der Waals surface area contributed by atoms with Crippen molar-refractivity contribution in [1.29, 1.82) is 0 Å². The molecule has 1 N–H and O–H groups in total. The van der Waals surface area contributed by atoms with E-state index < -0.39 is 49.6 Å². The van der Waals surface area contributed by atoms with Gasteiger partial charge in [-0.3, -0.25) is 0 Å². The molecule has 0 heterocycles. The van der Waals surface area contributed by atoms with Crippen LogP contribution in [0.3, 0.4) is 0 Å². The number of rotatable bonds is 2. The zero-order chi connectivity index (χ0) is 15.9. The molecule has 0 atom stereocenters. The van der Waals surface area contributed by atoms with E-state index in [0.717, 1.165) is 0 Å². The molecule has 0 aliphatic carbocycles. The van der Waals surface area contributed by atoms with Gasteiger partial charge in [0.25, 0.3) is 0 Å². The molecule has 0 radical (unpaired) electrons. The van der Waals surface area contributed by atoms with Gasteiger partial charge in [-0.1, -0.05) is 0 Å². The Kier molecular flexibility index (Phi) is 5.62. The van der Waals surface area contributed by atoms with Crippen LogP contribution in [0.2, 0.25) is 0 Å². The number of halogens is 12. The molecule has 116 valence electrons. The average molecular weight is 441 g/mol. The van der Waals surface area contributed by atoms with Crippen LogP contribution in [-0.2, 0) is 0 Å². The molecule has 0 aromatic rings. The summed E-state index contributed by atoms with van der Waals surface area (Å²) in [5.41, 5.74) is 0. The average Bonchev–Trinajstić information content (AvgIpc) is 1.91. The van der Waals surface area contributed by atoms with Crippen molar-refractivity contribution in [2.45, 2.75) is 19.9 Å². The summed E-state index contributed by atoms with van der Waals surface area (Å²) in [6.45, 7) is 0. The van der Waals surface area contributed by atoms with Crippen molar-refractivity contribution in [2.75, 3.05) is 0 Å². The number of hydrogen-bond donors (Lipinski definition) is 1. The second-order valence-electron chi connectivity index (χ2n) is 2.64. The van der Waals surface area contributed by atoms with Crippen LogP contribution in [0, 0.1) is 0 Å². The van der Waals surface area contributed by atoms with Crippen LogP contribution >= 0.6 is 0 Å². The van der Waals surface area contributed by atoms with Gasteiger partial charge in [0.1, 0.15) is 0 Å². The van der Waals surface area contributed by atoms with E-state index in [1.165, 1.54) is 0 Å². The summed E-state index contributed by atoms with van der Waals surface area (Å²) in [6.07, 6.45) is 0. The number of hydrogen-bond acceptors (Lipinski definition) is 1. The van der Waals surface area contributed by atoms with E-state index >= 15 is 0 Å². The van der Waals surface area contributed by atoms with Crippen molar-refractivity contribution >= 4 is 29.8 Å². The standard InChI is InChI=1S/C4HAs2F12N/c7-1(8,9)5(2(10,11)12)19-6(3(13,14)15)4(16,17)18/h19H. The maximum atomic E-state index is 11.9. The molecular formula is C4HAs2F12N. The van der Waals surface area contributed by atoms with E-state index in [4.69, 9.17) is 0 Å². The van der Waals surface area contributed by atoms with Gasteiger partial charge in [0.05, 0.1) is 0 Å². The minimum absolute atomic E-state index is 0.194. The fourth-order valence-electron chi connectivity index (χ4n) is 0.614. The van der Waals surface area contributed by atoms with Crippen LogP contribution < -0.4 is 3.15 Å². The maximum absolute atomic E-state index is 11.9. The summed E-state index contributed by atoms with van der Waals surface area (Å²) in [5.74, 6) is 0. The van der Waals surface area contributed by atoms with Crippen molar-refractivity contribution in [1.82, 2.24) is 3.15 Å². The summed E-state index contributed by atoms with van der Waals surface area (Å²) >= 11 is -13.1. The van der Waals surface area contributed by atoms with E-state index in [1.54, 1.807) is 0 Å². The molecule has 15 heteroatoms. The van der Waals surface area contributed by atoms with Crippen LogP contribution in [-0.4, -0.2) is 49.6 Å². The fourth-order valence-corrected chi connectivity index (χ4v) is 10.3. The Hall–Kier alpha value is 0.237. The molecule has 0 aromatic carbocycles. The Labute approximate surface area is 106 Å². The van der Waals surface area contributed by atoms with Crippen molar-refractivity contribution in [3.05, 3.63) is 0 Å². The fraction of sp³-hybridized carbons (Fsp3) is 1.00. The summed E-state index contributed by atoms with van der Waals surface area (Å²) < 4.78 is 143. The van der Waals surface area contributed by atoms with E-state index in [1.807, 2.05) is 0 Å². The van der Waals surface area contributed by atoms with Gasteiger partial charge >= 0.3 is 105 Å². The molecule has 0 bridgehead atoms. The first-order valence-electron chi connectivity index (χ1n) is 3.61. The summed E-state index contributed by atoms with van der Waals surface area (Å²) in [4.78, 5) is -24.7. The second-order valence-corrected chi connectivity index (χ2v) is 12.3. The van der Waals surface area contributed by atoms with Crippen LogP contribution in [0.4, 0.5) is 52.7 Å². The molecule has 0 aliphatic heterocycles. The van der Waals surface area contributed by atoms with Gasteiger partial charge in [0, 0.05) is 0 Å². The monoisotopic (exact) mass is 441 g/mol. The minimum atomic E-state index is -6.57. The zero-order valence-electron chi connectivity index (χ0n) is 7.93. The predicted molar refractivity (Wildman–Crippen MR) is 38.9 cm³/mol. The van der Waals surface area contributed by atoms with Gasteiger partial charge in [-0.05, 0) is 0 Å². The van der Waals surface area contributed by atoms with Crippen molar-refractivity contribution < 1.29 is 52.7 Å². The molecule has 0 amide bonds. The summed E-state index contributed by atoms with van der Waals surface area (Å²) in [6, 6.07) is 0. The number of alkyl halides is 12. The molecule has 0 unspecified atom stereocenters. The molecule has 0 spiro atoms. The normalized spacial score (nSPS) is 15.5. The zero-order valence-corrected chi connectivity index (χ0v) is 11.7. The molecular weight excluding hydrogens is 440 g/mol. The van der Waals surface area contributed by atoms with E-state index in [9.17, 15) is 52.7 Å². The third-order valence-electron chi connectivity index (χ3n) is 1.21. The van der Waals surface area contributed by atoms with Gasteiger partial charge in [0.2, 0.25) is 0 Å².